The maximum Gasteiger partial charge on any atom is 0.136 e. The van der Waals surface area contributed by atoms with Crippen LogP contribution in [0.25, 0.3) is 98.8 Å². The Morgan fingerprint density at radius 2 is 0.892 bits per heavy atom. The van der Waals surface area contributed by atoms with Gasteiger partial charge in [0.2, 0.25) is 0 Å². The highest BCUT2D eigenvalue weighted by Crippen LogP contribution is 2.52. The van der Waals surface area contributed by atoms with Crippen LogP contribution in [0.2, 0.25) is 0 Å². The van der Waals surface area contributed by atoms with Crippen molar-refractivity contribution in [2.45, 2.75) is 19.3 Å². The third-order valence-corrected chi connectivity index (χ3v) is 14.0. The summed E-state index contributed by atoms with van der Waals surface area (Å²) < 4.78 is 6.46. The van der Waals surface area contributed by atoms with Gasteiger partial charge < -0.3 is 9.32 Å². The second-order valence-electron chi connectivity index (χ2n) is 18.0. The van der Waals surface area contributed by atoms with Gasteiger partial charge in [0.25, 0.3) is 0 Å². The maximum atomic E-state index is 6.46. The summed E-state index contributed by atoms with van der Waals surface area (Å²) >= 11 is 0. The van der Waals surface area contributed by atoms with Gasteiger partial charge in [-0.05, 0) is 143 Å². The van der Waals surface area contributed by atoms with Crippen molar-refractivity contribution in [2.24, 2.45) is 0 Å². The van der Waals surface area contributed by atoms with Gasteiger partial charge in [0, 0.05) is 33.1 Å². The zero-order valence-electron chi connectivity index (χ0n) is 36.2. The zero-order chi connectivity index (χ0) is 43.2. The van der Waals surface area contributed by atoms with Crippen LogP contribution in [0.1, 0.15) is 25.0 Å². The van der Waals surface area contributed by atoms with Gasteiger partial charge in [-0.25, -0.2) is 0 Å². The minimum Gasteiger partial charge on any atom is -0.456 e. The summed E-state index contributed by atoms with van der Waals surface area (Å²) in [4.78, 5) is 2.42. The van der Waals surface area contributed by atoms with Crippen LogP contribution in [0.4, 0.5) is 17.1 Å². The van der Waals surface area contributed by atoms with Crippen LogP contribution in [-0.2, 0) is 5.41 Å². The van der Waals surface area contributed by atoms with Gasteiger partial charge >= 0.3 is 0 Å². The Bertz CT molecular complexity index is 3850. The van der Waals surface area contributed by atoms with Gasteiger partial charge in [-0.15, -0.1) is 0 Å². The number of anilines is 3. The molecular weight excluding hydrogens is 787 g/mol. The Balaban J connectivity index is 0.963. The number of benzene rings is 11. The first-order valence-corrected chi connectivity index (χ1v) is 22.6. The molecular formula is C63H43NO. The zero-order valence-corrected chi connectivity index (χ0v) is 36.2. The molecule has 12 aromatic rings. The molecule has 13 rings (SSSR count). The van der Waals surface area contributed by atoms with Gasteiger partial charge in [-0.3, -0.25) is 0 Å². The number of hydrogen-bond acceptors (Lipinski definition) is 2. The van der Waals surface area contributed by atoms with Crippen LogP contribution < -0.4 is 4.90 Å². The molecule has 306 valence electrons. The Labute approximate surface area is 378 Å². The second kappa shape index (κ2) is 14.4. The maximum absolute atomic E-state index is 6.46. The molecule has 0 radical (unpaired) electrons. The molecule has 11 aromatic carbocycles. The highest BCUT2D eigenvalue weighted by atomic mass is 16.3. The van der Waals surface area contributed by atoms with E-state index in [1.165, 1.54) is 76.8 Å². The predicted molar refractivity (Wildman–Crippen MR) is 275 cm³/mol. The lowest BCUT2D eigenvalue weighted by Crippen LogP contribution is -2.16. The molecule has 65 heavy (non-hydrogen) atoms. The molecule has 0 fully saturated rings. The second-order valence-corrected chi connectivity index (χ2v) is 18.0. The predicted octanol–water partition coefficient (Wildman–Crippen LogP) is 17.8. The van der Waals surface area contributed by atoms with E-state index in [0.717, 1.165) is 50.1 Å². The molecule has 0 atom stereocenters. The number of nitrogens with zero attached hydrogens (tertiary/aromatic N) is 1. The average molecular weight is 830 g/mol. The van der Waals surface area contributed by atoms with Gasteiger partial charge in [0.15, 0.2) is 0 Å². The lowest BCUT2D eigenvalue weighted by atomic mass is 9.79. The van der Waals surface area contributed by atoms with Gasteiger partial charge in [0.05, 0.1) is 5.69 Å². The first-order valence-electron chi connectivity index (χ1n) is 22.6. The van der Waals surface area contributed by atoms with Crippen molar-refractivity contribution in [3.8, 4) is 44.5 Å². The Hall–Kier alpha value is -8.20. The Morgan fingerprint density at radius 1 is 0.338 bits per heavy atom. The third kappa shape index (κ3) is 5.88. The number of furan rings is 1. The molecule has 1 aliphatic carbocycles. The molecule has 1 aromatic heterocycles. The van der Waals surface area contributed by atoms with Crippen molar-refractivity contribution in [1.82, 2.24) is 0 Å². The van der Waals surface area contributed by atoms with Crippen LogP contribution in [-0.4, -0.2) is 0 Å². The Kier molecular flexibility index (Phi) is 8.29. The van der Waals surface area contributed by atoms with E-state index in [9.17, 15) is 0 Å². The van der Waals surface area contributed by atoms with Gasteiger partial charge in [-0.2, -0.15) is 0 Å². The molecule has 0 saturated carbocycles. The summed E-state index contributed by atoms with van der Waals surface area (Å²) in [5.74, 6) is 0. The fourth-order valence-corrected chi connectivity index (χ4v) is 10.9. The minimum absolute atomic E-state index is 0.112. The molecule has 0 aliphatic heterocycles. The SMILES string of the molecule is CC1(C)c2ccccc2-c2cccc(-c3ccc(N(c4ccc(-c5cc6ccccc6c6ccccc56)cc4)c4ccccc4-c4ccc5oc6cc7ccccc7cc6c5c4)cc3)c21. The first-order chi connectivity index (χ1) is 32.0. The van der Waals surface area contributed by atoms with E-state index in [1.54, 1.807) is 0 Å². The van der Waals surface area contributed by atoms with Crippen LogP contribution in [0.5, 0.6) is 0 Å². The molecule has 0 bridgehead atoms. The molecule has 0 saturated heterocycles. The van der Waals surface area contributed by atoms with E-state index >= 15 is 0 Å². The fraction of sp³-hybridized carbons (Fsp3) is 0.0476. The molecule has 0 N–H and O–H groups in total. The summed E-state index contributed by atoms with van der Waals surface area (Å²) in [5.41, 5.74) is 17.6. The number of para-hydroxylation sites is 1. The summed E-state index contributed by atoms with van der Waals surface area (Å²) in [6.07, 6.45) is 0. The van der Waals surface area contributed by atoms with Crippen molar-refractivity contribution < 1.29 is 4.42 Å². The summed E-state index contributed by atoms with van der Waals surface area (Å²) in [5, 5.41) is 9.67. The van der Waals surface area contributed by atoms with E-state index in [2.05, 4.69) is 243 Å². The number of rotatable bonds is 6. The lowest BCUT2D eigenvalue weighted by Gasteiger charge is -2.29. The first kappa shape index (κ1) is 37.4. The topological polar surface area (TPSA) is 16.4 Å². The fourth-order valence-electron chi connectivity index (χ4n) is 10.9. The normalized spacial score (nSPS) is 12.9. The summed E-state index contributed by atoms with van der Waals surface area (Å²) in [7, 11) is 0. The average Bonchev–Trinajstić information content (AvgIpc) is 3.83. The molecule has 2 heteroatoms. The van der Waals surface area contributed by atoms with Crippen LogP contribution in [0.15, 0.2) is 229 Å². The van der Waals surface area contributed by atoms with Crippen molar-refractivity contribution in [1.29, 1.82) is 0 Å². The van der Waals surface area contributed by atoms with Gasteiger partial charge in [-0.1, -0.05) is 178 Å². The lowest BCUT2D eigenvalue weighted by molar-refractivity contribution is 0.662. The number of hydrogen-bond donors (Lipinski definition) is 0. The summed E-state index contributed by atoms with van der Waals surface area (Å²) in [6.45, 7) is 4.73. The molecule has 1 heterocycles. The molecule has 0 unspecified atom stereocenters. The van der Waals surface area contributed by atoms with Crippen molar-refractivity contribution in [3.63, 3.8) is 0 Å². The van der Waals surface area contributed by atoms with Crippen LogP contribution in [0, 0.1) is 0 Å². The number of fused-ring (bicyclic) bond motifs is 10. The van der Waals surface area contributed by atoms with E-state index in [0.29, 0.717) is 0 Å². The van der Waals surface area contributed by atoms with Crippen molar-refractivity contribution in [3.05, 3.63) is 236 Å². The minimum atomic E-state index is -0.112. The summed E-state index contributed by atoms with van der Waals surface area (Å²) in [6, 6.07) is 82.2. The van der Waals surface area contributed by atoms with Crippen molar-refractivity contribution >= 4 is 71.3 Å². The molecule has 0 spiro atoms. The smallest absolute Gasteiger partial charge is 0.136 e. The van der Waals surface area contributed by atoms with E-state index in [-0.39, 0.29) is 5.41 Å². The molecule has 2 nitrogen and oxygen atoms in total. The van der Waals surface area contributed by atoms with E-state index in [4.69, 9.17) is 4.42 Å². The van der Waals surface area contributed by atoms with E-state index < -0.39 is 0 Å². The van der Waals surface area contributed by atoms with E-state index in [1.807, 2.05) is 0 Å². The standard InChI is InChI=1S/C63H43NO/c1-63(2)58-24-11-9-21-53(58)54-23-13-22-50(62(54)63)40-26-31-46(32-27-40)64(47-33-28-41(29-34-47)55-37-44-16-5-6-17-48(44)51-19-7-8-20-52(51)55)59-25-12-10-18-49(59)45-30-35-60-56(38-45)57-36-42-14-3-4-15-43(42)39-61(57)65-60/h3-39H,1-2H3. The van der Waals surface area contributed by atoms with Crippen LogP contribution in [0.3, 0.4) is 0 Å². The monoisotopic (exact) mass is 829 g/mol. The molecule has 1 aliphatic rings. The largest absolute Gasteiger partial charge is 0.456 e. The van der Waals surface area contributed by atoms with Gasteiger partial charge in [0.1, 0.15) is 11.2 Å². The highest BCUT2D eigenvalue weighted by molar-refractivity contribution is 6.14. The third-order valence-electron chi connectivity index (χ3n) is 14.0. The Morgan fingerprint density at radius 3 is 1.66 bits per heavy atom. The quantitative estimate of drug-likeness (QED) is 0.155. The highest BCUT2D eigenvalue weighted by Gasteiger charge is 2.37. The van der Waals surface area contributed by atoms with Crippen LogP contribution >= 0.6 is 0 Å². The molecule has 0 amide bonds. The van der Waals surface area contributed by atoms with Crippen molar-refractivity contribution in [2.75, 3.05) is 4.90 Å².